The molecule has 10 nitrogen and oxygen atoms in total. The maximum absolute atomic E-state index is 12.8. The van der Waals surface area contributed by atoms with Crippen LogP contribution in [0, 0.1) is 0 Å². The molecule has 136 valence electrons. The smallest absolute Gasteiger partial charge is 0.278 e. The molecule has 3 fully saturated rings. The lowest BCUT2D eigenvalue weighted by molar-refractivity contribution is -0.243. The van der Waals surface area contributed by atoms with Crippen molar-refractivity contribution in [2.45, 2.75) is 36.4 Å². The normalized spacial score (nSPS) is 34.2. The lowest BCUT2D eigenvalue weighted by Crippen LogP contribution is -2.85. The van der Waals surface area contributed by atoms with Gasteiger partial charge in [-0.2, -0.15) is 5.06 Å². The van der Waals surface area contributed by atoms with E-state index >= 15 is 0 Å². The van der Waals surface area contributed by atoms with Gasteiger partial charge < -0.3 is 30.7 Å². The Kier molecular flexibility index (Phi) is 4.74. The van der Waals surface area contributed by atoms with Gasteiger partial charge in [0.25, 0.3) is 17.5 Å². The molecule has 3 aliphatic heterocycles. The van der Waals surface area contributed by atoms with Crippen LogP contribution >= 0.6 is 0 Å². The van der Waals surface area contributed by atoms with E-state index in [2.05, 4.69) is 17.2 Å². The van der Waals surface area contributed by atoms with Gasteiger partial charge >= 0.3 is 0 Å². The van der Waals surface area contributed by atoms with Crippen molar-refractivity contribution in [3.8, 4) is 0 Å². The summed E-state index contributed by atoms with van der Waals surface area (Å²) in [5, 5.41) is 35.8. The number of hydrogen-bond acceptors (Lipinski definition) is 8. The predicted octanol–water partition coefficient (Wildman–Crippen LogP) is -2.80. The number of ether oxygens (including phenoxy) is 1. The Hall–Kier alpha value is -1.56. The molecule has 0 aromatic rings. The zero-order chi connectivity index (χ0) is 18.3. The SMILES string of the molecule is C=C1CCO[C@]2([C@@H](O)[C@@](C)(O)CO)NC(=O)[C@@]1(N(C)OC)NC2=O. The molecule has 3 heterocycles. The number of carbonyl (C=O) groups excluding carboxylic acids is 2. The van der Waals surface area contributed by atoms with Crippen LogP contribution in [0.15, 0.2) is 12.2 Å². The van der Waals surface area contributed by atoms with Crippen molar-refractivity contribution < 1.29 is 34.5 Å². The number of likely N-dealkylation sites (N-methyl/N-ethyl adjacent to an activating group) is 1. The van der Waals surface area contributed by atoms with Crippen molar-refractivity contribution >= 4 is 11.8 Å². The van der Waals surface area contributed by atoms with E-state index in [1.54, 1.807) is 0 Å². The second-order valence-electron chi connectivity index (χ2n) is 6.15. The highest BCUT2D eigenvalue weighted by atomic mass is 16.7. The molecule has 3 aliphatic rings. The third kappa shape index (κ3) is 2.42. The van der Waals surface area contributed by atoms with Crippen LogP contribution < -0.4 is 10.6 Å². The number of amides is 2. The first-order valence-electron chi connectivity index (χ1n) is 7.35. The molecule has 3 saturated heterocycles. The molecule has 0 aromatic carbocycles. The van der Waals surface area contributed by atoms with Crippen molar-refractivity contribution in [1.29, 1.82) is 0 Å². The maximum Gasteiger partial charge on any atom is 0.278 e. The summed E-state index contributed by atoms with van der Waals surface area (Å²) in [4.78, 5) is 30.6. The molecule has 0 saturated carbocycles. The number of rotatable bonds is 5. The summed E-state index contributed by atoms with van der Waals surface area (Å²) >= 11 is 0. The average Bonchev–Trinajstić information content (AvgIpc) is 2.54. The van der Waals surface area contributed by atoms with E-state index in [1.165, 1.54) is 14.2 Å². The summed E-state index contributed by atoms with van der Waals surface area (Å²) in [6, 6.07) is 0. The number of nitrogens with zero attached hydrogens (tertiary/aromatic N) is 1. The zero-order valence-corrected chi connectivity index (χ0v) is 13.8. The molecule has 4 atom stereocenters. The Morgan fingerprint density at radius 2 is 2.08 bits per heavy atom. The minimum Gasteiger partial charge on any atom is -0.393 e. The minimum atomic E-state index is -2.25. The number of carbonyl (C=O) groups is 2. The molecule has 0 unspecified atom stereocenters. The lowest BCUT2D eigenvalue weighted by Gasteiger charge is -2.53. The third-order valence-corrected chi connectivity index (χ3v) is 4.55. The first kappa shape index (κ1) is 18.8. The molecule has 2 amide bonds. The van der Waals surface area contributed by atoms with Crippen molar-refractivity contribution in [3.63, 3.8) is 0 Å². The summed E-state index contributed by atoms with van der Waals surface area (Å²) in [5.74, 6) is -1.64. The van der Waals surface area contributed by atoms with E-state index in [0.717, 1.165) is 12.0 Å². The van der Waals surface area contributed by atoms with Crippen LogP contribution in [-0.4, -0.2) is 82.7 Å². The molecule has 2 bridgehead atoms. The van der Waals surface area contributed by atoms with Crippen LogP contribution in [-0.2, 0) is 19.2 Å². The van der Waals surface area contributed by atoms with Gasteiger partial charge in [0.1, 0.15) is 11.7 Å². The summed E-state index contributed by atoms with van der Waals surface area (Å²) in [5.41, 5.74) is -5.69. The molecule has 0 aliphatic carbocycles. The molecule has 5 N–H and O–H groups in total. The highest BCUT2D eigenvalue weighted by Gasteiger charge is 2.65. The number of nitrogens with one attached hydrogen (secondary N) is 2. The molecule has 0 radical (unpaired) electrons. The number of fused-ring (bicyclic) bond motifs is 5. The maximum atomic E-state index is 12.8. The van der Waals surface area contributed by atoms with Gasteiger partial charge in [-0.05, 0) is 18.9 Å². The monoisotopic (exact) mass is 345 g/mol. The predicted molar refractivity (Wildman–Crippen MR) is 79.9 cm³/mol. The van der Waals surface area contributed by atoms with Crippen LogP contribution in [0.5, 0.6) is 0 Å². The van der Waals surface area contributed by atoms with Gasteiger partial charge in [-0.3, -0.25) is 14.4 Å². The standard InChI is InChI=1S/C14H23N3O7/c1-8-5-6-24-14(9(19)12(2,22)7-18)11(21)15-13(8,10(20)16-14)17(3)23-4/h9,18-19,22H,1,5-7H2,2-4H3,(H,15,21)(H,16,20)/t9-,12-,13+,14-/m0/s1. The van der Waals surface area contributed by atoms with Gasteiger partial charge in [-0.25, -0.2) is 0 Å². The number of piperazine rings is 1. The van der Waals surface area contributed by atoms with Gasteiger partial charge in [0, 0.05) is 7.05 Å². The highest BCUT2D eigenvalue weighted by Crippen LogP contribution is 2.35. The Morgan fingerprint density at radius 1 is 1.46 bits per heavy atom. The number of aliphatic hydroxyl groups excluding tert-OH is 2. The van der Waals surface area contributed by atoms with Gasteiger partial charge in [0.2, 0.25) is 5.66 Å². The topological polar surface area (TPSA) is 141 Å². The van der Waals surface area contributed by atoms with Crippen LogP contribution in [0.3, 0.4) is 0 Å². The summed E-state index contributed by atoms with van der Waals surface area (Å²) in [6.45, 7) is 4.04. The van der Waals surface area contributed by atoms with Crippen molar-refractivity contribution in [1.82, 2.24) is 15.7 Å². The van der Waals surface area contributed by atoms with E-state index in [0.29, 0.717) is 5.57 Å². The molecule has 24 heavy (non-hydrogen) atoms. The fourth-order valence-corrected chi connectivity index (χ4v) is 2.87. The Morgan fingerprint density at radius 3 is 2.62 bits per heavy atom. The van der Waals surface area contributed by atoms with E-state index in [1.807, 2.05) is 0 Å². The molecule has 0 spiro atoms. The number of hydroxylamine groups is 2. The molecule has 10 heteroatoms. The first-order chi connectivity index (χ1) is 11.1. The van der Waals surface area contributed by atoms with E-state index in [4.69, 9.17) is 9.57 Å². The van der Waals surface area contributed by atoms with Crippen molar-refractivity contribution in [3.05, 3.63) is 12.2 Å². The third-order valence-electron chi connectivity index (χ3n) is 4.55. The summed E-state index contributed by atoms with van der Waals surface area (Å²) in [6.07, 6.45) is -1.73. The van der Waals surface area contributed by atoms with E-state index in [-0.39, 0.29) is 13.0 Å². The first-order valence-corrected chi connectivity index (χ1v) is 7.35. The molecule has 3 rings (SSSR count). The van der Waals surface area contributed by atoms with Gasteiger partial charge in [0.05, 0.1) is 20.3 Å². The fraction of sp³-hybridized carbons (Fsp3) is 0.714. The van der Waals surface area contributed by atoms with E-state index < -0.39 is 41.5 Å². The fourth-order valence-electron chi connectivity index (χ4n) is 2.87. The average molecular weight is 345 g/mol. The molecular formula is C14H23N3O7. The number of aliphatic hydroxyl groups is 3. The molecular weight excluding hydrogens is 322 g/mol. The highest BCUT2D eigenvalue weighted by molar-refractivity contribution is 6.03. The largest absolute Gasteiger partial charge is 0.393 e. The lowest BCUT2D eigenvalue weighted by atomic mass is 9.84. The minimum absolute atomic E-state index is 0.0512. The Balaban J connectivity index is 2.53. The van der Waals surface area contributed by atoms with Crippen LogP contribution in [0.25, 0.3) is 0 Å². The van der Waals surface area contributed by atoms with Gasteiger partial charge in [-0.15, -0.1) is 0 Å². The summed E-state index contributed by atoms with van der Waals surface area (Å²) < 4.78 is 5.43. The van der Waals surface area contributed by atoms with Gasteiger partial charge in [-0.1, -0.05) is 6.58 Å². The van der Waals surface area contributed by atoms with Crippen molar-refractivity contribution in [2.75, 3.05) is 27.4 Å². The van der Waals surface area contributed by atoms with E-state index in [9.17, 15) is 24.9 Å². The Bertz CT molecular complexity index is 567. The molecule has 0 aromatic heterocycles. The van der Waals surface area contributed by atoms with Crippen LogP contribution in [0.1, 0.15) is 13.3 Å². The summed E-state index contributed by atoms with van der Waals surface area (Å²) in [7, 11) is 2.77. The second-order valence-corrected chi connectivity index (χ2v) is 6.15. The number of hydrogen-bond donors (Lipinski definition) is 5. The van der Waals surface area contributed by atoms with Gasteiger partial charge in [0.15, 0.2) is 0 Å². The quantitative estimate of drug-likeness (QED) is 0.266. The second kappa shape index (κ2) is 6.06. The Labute approximate surface area is 139 Å². The van der Waals surface area contributed by atoms with Crippen LogP contribution in [0.2, 0.25) is 0 Å². The van der Waals surface area contributed by atoms with Crippen molar-refractivity contribution in [2.24, 2.45) is 0 Å². The van der Waals surface area contributed by atoms with Crippen LogP contribution in [0.4, 0.5) is 0 Å². The zero-order valence-electron chi connectivity index (χ0n) is 13.8.